The van der Waals surface area contributed by atoms with Crippen molar-refractivity contribution in [3.05, 3.63) is 0 Å². The SMILES string of the molecule is CC(C)N(C(C)C)P(OCCC#N)OCCOCCOCCNC(=O)CCC(=O)CNC(=O)CCC(=O)CCCCC(=O)N1CC[C@H](C)C1. The Labute approximate surface area is 294 Å². The molecule has 1 aliphatic heterocycles. The van der Waals surface area contributed by atoms with Gasteiger partial charge in [0.05, 0.1) is 58.7 Å². The highest BCUT2D eigenvalue weighted by molar-refractivity contribution is 7.44. The van der Waals surface area contributed by atoms with Gasteiger partial charge in [0, 0.05) is 70.2 Å². The molecule has 15 heteroatoms. The van der Waals surface area contributed by atoms with Crippen molar-refractivity contribution >= 4 is 37.8 Å². The number of hydrogen-bond donors (Lipinski definition) is 2. The largest absolute Gasteiger partial charge is 0.377 e. The van der Waals surface area contributed by atoms with Crippen LogP contribution in [-0.4, -0.2) is 117 Å². The van der Waals surface area contributed by atoms with Crippen LogP contribution < -0.4 is 10.6 Å². The lowest BCUT2D eigenvalue weighted by Gasteiger charge is -2.35. The number of nitrogens with one attached hydrogen (secondary N) is 2. The fourth-order valence-electron chi connectivity index (χ4n) is 5.08. The molecule has 1 aliphatic rings. The number of carbonyl (C=O) groups excluding carboxylic acids is 5. The molecule has 280 valence electrons. The van der Waals surface area contributed by atoms with Crippen LogP contribution in [0, 0.1) is 17.2 Å². The second kappa shape index (κ2) is 27.2. The molecule has 14 nitrogen and oxygen atoms in total. The average molecular weight is 714 g/mol. The molecule has 49 heavy (non-hydrogen) atoms. The Balaban J connectivity index is 2.02. The zero-order chi connectivity index (χ0) is 36.4. The standard InChI is InChI=1S/C34H60N5O9P/c1-27(2)39(28(3)4)49(47-19-8-16-35)48-24-23-46-22-21-45-20-17-36-32(42)14-12-31(41)25-37-33(43)13-11-30(40)9-6-7-10-34(44)38-18-15-29(5)26-38/h27-29H,6-15,17-26H2,1-5H3,(H,36,42)(H,37,43)/t29-,49?/m0/s1. The molecule has 0 aromatic rings. The molecule has 1 rings (SSSR count). The Bertz CT molecular complexity index is 1030. The summed E-state index contributed by atoms with van der Waals surface area (Å²) in [4.78, 5) is 62.3. The smallest absolute Gasteiger partial charge is 0.259 e. The number of rotatable bonds is 29. The number of carbonyl (C=O) groups is 5. The van der Waals surface area contributed by atoms with Crippen LogP contribution in [0.3, 0.4) is 0 Å². The molecule has 1 unspecified atom stereocenters. The third kappa shape index (κ3) is 22.0. The number of nitrogens with zero attached hydrogens (tertiary/aromatic N) is 3. The third-order valence-corrected chi connectivity index (χ3v) is 9.76. The molecular weight excluding hydrogens is 653 g/mol. The van der Waals surface area contributed by atoms with Crippen LogP contribution in [0.1, 0.15) is 98.8 Å². The number of hydrogen-bond acceptors (Lipinski definition) is 11. The summed E-state index contributed by atoms with van der Waals surface area (Å²) in [6, 6.07) is 2.52. The molecule has 0 aliphatic carbocycles. The summed E-state index contributed by atoms with van der Waals surface area (Å²) in [5.41, 5.74) is 0. The van der Waals surface area contributed by atoms with Crippen molar-refractivity contribution in [2.75, 3.05) is 65.8 Å². The van der Waals surface area contributed by atoms with Crippen molar-refractivity contribution in [2.45, 2.75) is 111 Å². The first-order chi connectivity index (χ1) is 23.4. The molecule has 2 atom stereocenters. The van der Waals surface area contributed by atoms with Gasteiger partial charge in [-0.25, -0.2) is 4.67 Å². The fraction of sp³-hybridized carbons (Fsp3) is 0.824. The van der Waals surface area contributed by atoms with Gasteiger partial charge in [-0.1, -0.05) is 6.92 Å². The number of nitriles is 1. The van der Waals surface area contributed by atoms with Gasteiger partial charge in [-0.05, 0) is 52.9 Å². The topological polar surface area (TPSA) is 177 Å². The molecule has 0 aromatic heterocycles. The van der Waals surface area contributed by atoms with E-state index in [1.54, 1.807) is 0 Å². The maximum absolute atomic E-state index is 12.2. The van der Waals surface area contributed by atoms with E-state index in [2.05, 4.69) is 56.0 Å². The van der Waals surface area contributed by atoms with E-state index in [4.69, 9.17) is 23.8 Å². The van der Waals surface area contributed by atoms with Gasteiger partial charge in [-0.3, -0.25) is 24.0 Å². The van der Waals surface area contributed by atoms with Crippen LogP contribution in [0.4, 0.5) is 0 Å². The van der Waals surface area contributed by atoms with Crippen molar-refractivity contribution in [1.82, 2.24) is 20.2 Å². The van der Waals surface area contributed by atoms with E-state index in [0.29, 0.717) is 84.2 Å². The van der Waals surface area contributed by atoms with Gasteiger partial charge in [-0.2, -0.15) is 5.26 Å². The lowest BCUT2D eigenvalue weighted by Crippen LogP contribution is -2.34. The van der Waals surface area contributed by atoms with Crippen LogP contribution in [0.2, 0.25) is 0 Å². The van der Waals surface area contributed by atoms with Crippen LogP contribution >= 0.6 is 8.53 Å². The van der Waals surface area contributed by atoms with Crippen molar-refractivity contribution in [3.8, 4) is 6.07 Å². The Hall–Kier alpha value is -2.53. The van der Waals surface area contributed by atoms with Gasteiger partial charge in [-0.15, -0.1) is 0 Å². The van der Waals surface area contributed by atoms with E-state index in [1.165, 1.54) is 0 Å². The third-order valence-electron chi connectivity index (χ3n) is 7.65. The summed E-state index contributed by atoms with van der Waals surface area (Å²) in [6.07, 6.45) is 3.50. The zero-order valence-corrected chi connectivity index (χ0v) is 31.2. The van der Waals surface area contributed by atoms with Gasteiger partial charge < -0.3 is 34.1 Å². The van der Waals surface area contributed by atoms with E-state index in [-0.39, 0.29) is 73.6 Å². The summed E-state index contributed by atoms with van der Waals surface area (Å²) in [5, 5.41) is 14.0. The number of ether oxygens (including phenoxy) is 2. The van der Waals surface area contributed by atoms with Crippen molar-refractivity contribution < 1.29 is 42.5 Å². The number of likely N-dealkylation sites (tertiary alicyclic amines) is 1. The zero-order valence-electron chi connectivity index (χ0n) is 30.3. The van der Waals surface area contributed by atoms with Crippen LogP contribution in [0.25, 0.3) is 0 Å². The van der Waals surface area contributed by atoms with E-state index in [0.717, 1.165) is 19.5 Å². The molecule has 3 amide bonds. The molecule has 1 heterocycles. The Morgan fingerprint density at radius 2 is 1.39 bits per heavy atom. The van der Waals surface area contributed by atoms with Gasteiger partial charge >= 0.3 is 0 Å². The number of ketones is 2. The van der Waals surface area contributed by atoms with Crippen molar-refractivity contribution in [1.29, 1.82) is 5.26 Å². The van der Waals surface area contributed by atoms with Crippen LogP contribution in [-0.2, 0) is 42.5 Å². The van der Waals surface area contributed by atoms with E-state index in [1.807, 2.05) is 4.90 Å². The second-order valence-electron chi connectivity index (χ2n) is 12.7. The quantitative estimate of drug-likeness (QED) is 0.0855. The van der Waals surface area contributed by atoms with Crippen LogP contribution in [0.15, 0.2) is 0 Å². The predicted octanol–water partition coefficient (Wildman–Crippen LogP) is 3.67. The highest BCUT2D eigenvalue weighted by atomic mass is 31.2. The highest BCUT2D eigenvalue weighted by Gasteiger charge is 2.27. The maximum atomic E-state index is 12.2. The van der Waals surface area contributed by atoms with Gasteiger partial charge in [0.2, 0.25) is 17.7 Å². The molecule has 0 saturated carbocycles. The summed E-state index contributed by atoms with van der Waals surface area (Å²) in [7, 11) is -1.30. The minimum absolute atomic E-state index is 0.00338. The first-order valence-corrected chi connectivity index (χ1v) is 18.8. The Morgan fingerprint density at radius 1 is 0.796 bits per heavy atom. The first-order valence-electron chi connectivity index (χ1n) is 17.7. The number of unbranched alkanes of at least 4 members (excludes halogenated alkanes) is 1. The highest BCUT2D eigenvalue weighted by Crippen LogP contribution is 2.45. The Morgan fingerprint density at radius 3 is 2.02 bits per heavy atom. The molecule has 0 spiro atoms. The Kier molecular flexibility index (Phi) is 24.7. The fourth-order valence-corrected chi connectivity index (χ4v) is 6.66. The molecule has 1 fully saturated rings. The molecule has 0 bridgehead atoms. The van der Waals surface area contributed by atoms with E-state index in [9.17, 15) is 24.0 Å². The summed E-state index contributed by atoms with van der Waals surface area (Å²) >= 11 is 0. The minimum atomic E-state index is -1.30. The minimum Gasteiger partial charge on any atom is -0.377 e. The summed E-state index contributed by atoms with van der Waals surface area (Å²) in [5.74, 6) is -0.278. The summed E-state index contributed by atoms with van der Waals surface area (Å²) in [6.45, 7) is 14.2. The average Bonchev–Trinajstić information content (AvgIpc) is 3.50. The summed E-state index contributed by atoms with van der Waals surface area (Å²) < 4.78 is 25.0. The lowest BCUT2D eigenvalue weighted by atomic mass is 10.1. The van der Waals surface area contributed by atoms with Crippen LogP contribution in [0.5, 0.6) is 0 Å². The number of Topliss-reactive ketones (excluding diaryl/α,β-unsaturated/α-hetero) is 2. The second-order valence-corrected chi connectivity index (χ2v) is 14.2. The van der Waals surface area contributed by atoms with E-state index < -0.39 is 8.53 Å². The normalized spacial score (nSPS) is 15.1. The van der Waals surface area contributed by atoms with Gasteiger partial charge in [0.15, 0.2) is 5.78 Å². The molecule has 0 aromatic carbocycles. The lowest BCUT2D eigenvalue weighted by molar-refractivity contribution is -0.130. The van der Waals surface area contributed by atoms with Crippen molar-refractivity contribution in [3.63, 3.8) is 0 Å². The van der Waals surface area contributed by atoms with Gasteiger partial charge in [0.1, 0.15) is 5.78 Å². The molecule has 2 N–H and O–H groups in total. The predicted molar refractivity (Wildman–Crippen MR) is 186 cm³/mol. The van der Waals surface area contributed by atoms with Gasteiger partial charge in [0.25, 0.3) is 8.53 Å². The maximum Gasteiger partial charge on any atom is 0.259 e. The molecular formula is C34H60N5O9P. The monoisotopic (exact) mass is 713 g/mol. The number of amides is 3. The molecule has 1 saturated heterocycles. The van der Waals surface area contributed by atoms with Crippen molar-refractivity contribution in [2.24, 2.45) is 5.92 Å². The van der Waals surface area contributed by atoms with E-state index >= 15 is 0 Å². The molecule has 0 radical (unpaired) electrons. The first kappa shape index (κ1) is 44.5.